The molecule has 0 aliphatic rings. The summed E-state index contributed by atoms with van der Waals surface area (Å²) in [6.45, 7) is 2.06. The molecule has 0 unspecified atom stereocenters. The van der Waals surface area contributed by atoms with E-state index in [1.807, 2.05) is 43.3 Å². The lowest BCUT2D eigenvalue weighted by Crippen LogP contribution is -1.83. The van der Waals surface area contributed by atoms with Crippen LogP contribution in [0.25, 0.3) is 6.08 Å². The van der Waals surface area contributed by atoms with Gasteiger partial charge in [0, 0.05) is 5.69 Å². The summed E-state index contributed by atoms with van der Waals surface area (Å²) in [5.41, 5.74) is 8.55. The van der Waals surface area contributed by atoms with Crippen molar-refractivity contribution < 1.29 is 5.11 Å². The maximum absolute atomic E-state index is 8.59. The molecule has 1 aromatic rings. The zero-order valence-electron chi connectivity index (χ0n) is 8.27. The number of rotatable bonds is 3. The van der Waals surface area contributed by atoms with Gasteiger partial charge in [-0.2, -0.15) is 0 Å². The highest BCUT2D eigenvalue weighted by molar-refractivity contribution is 5.57. The Morgan fingerprint density at radius 3 is 2.57 bits per heavy atom. The Kier molecular flexibility index (Phi) is 3.95. The van der Waals surface area contributed by atoms with Crippen molar-refractivity contribution in [3.63, 3.8) is 0 Å². The highest BCUT2D eigenvalue weighted by atomic mass is 16.2. The Bertz CT molecular complexity index is 336. The predicted molar refractivity (Wildman–Crippen MR) is 60.7 cm³/mol. The lowest BCUT2D eigenvalue weighted by atomic mass is 10.1. The molecular weight excluding hydrogens is 174 g/mol. The largest absolute Gasteiger partial charge is 0.399 e. The summed E-state index contributed by atoms with van der Waals surface area (Å²) in [5.74, 6) is 0. The van der Waals surface area contributed by atoms with E-state index in [1.54, 1.807) is 6.08 Å². The third kappa shape index (κ3) is 3.46. The minimum Gasteiger partial charge on any atom is -0.399 e. The fourth-order valence-electron chi connectivity index (χ4n) is 1.14. The highest BCUT2D eigenvalue weighted by Gasteiger charge is 1.88. The quantitative estimate of drug-likeness (QED) is 0.565. The topological polar surface area (TPSA) is 46.2 Å². The molecule has 2 nitrogen and oxygen atoms in total. The van der Waals surface area contributed by atoms with Gasteiger partial charge in [0.2, 0.25) is 0 Å². The van der Waals surface area contributed by atoms with Gasteiger partial charge in [-0.3, -0.25) is 0 Å². The average molecular weight is 189 g/mol. The summed E-state index contributed by atoms with van der Waals surface area (Å²) in [5, 5.41) is 8.59. The molecule has 3 N–H and O–H groups in total. The Morgan fingerprint density at radius 2 is 2.00 bits per heavy atom. The minimum absolute atomic E-state index is 0.0763. The van der Waals surface area contributed by atoms with E-state index in [2.05, 4.69) is 0 Å². The van der Waals surface area contributed by atoms with Gasteiger partial charge < -0.3 is 10.8 Å². The number of hydrogen-bond donors (Lipinski definition) is 2. The van der Waals surface area contributed by atoms with Gasteiger partial charge in [-0.15, -0.1) is 0 Å². The molecule has 0 aromatic heterocycles. The first-order chi connectivity index (χ1) is 6.72. The molecule has 14 heavy (non-hydrogen) atoms. The maximum Gasteiger partial charge on any atom is 0.0615 e. The lowest BCUT2D eigenvalue weighted by molar-refractivity contribution is 0.342. The molecule has 0 radical (unpaired) electrons. The van der Waals surface area contributed by atoms with Crippen LogP contribution in [0, 0.1) is 0 Å². The fraction of sp³-hybridized carbons (Fsp3) is 0.167. The van der Waals surface area contributed by atoms with Crippen LogP contribution < -0.4 is 5.73 Å². The van der Waals surface area contributed by atoms with Gasteiger partial charge in [0.1, 0.15) is 0 Å². The van der Waals surface area contributed by atoms with Crippen molar-refractivity contribution in [2.75, 3.05) is 12.3 Å². The Hall–Kier alpha value is -1.54. The van der Waals surface area contributed by atoms with Crippen molar-refractivity contribution in [2.45, 2.75) is 6.92 Å². The summed E-state index contributed by atoms with van der Waals surface area (Å²) in [6.07, 6.45) is 5.63. The molecule has 0 saturated heterocycles. The first-order valence-electron chi connectivity index (χ1n) is 4.53. The van der Waals surface area contributed by atoms with Crippen molar-refractivity contribution in [3.8, 4) is 0 Å². The number of aliphatic hydroxyl groups excluding tert-OH is 1. The van der Waals surface area contributed by atoms with Gasteiger partial charge in [-0.25, -0.2) is 0 Å². The van der Waals surface area contributed by atoms with Gasteiger partial charge in [0.05, 0.1) is 6.61 Å². The third-order valence-corrected chi connectivity index (χ3v) is 1.82. The average Bonchev–Trinajstić information content (AvgIpc) is 2.18. The number of hydrogen-bond acceptors (Lipinski definition) is 2. The van der Waals surface area contributed by atoms with E-state index in [1.165, 1.54) is 0 Å². The lowest BCUT2D eigenvalue weighted by Gasteiger charge is -1.96. The summed E-state index contributed by atoms with van der Waals surface area (Å²) < 4.78 is 0. The maximum atomic E-state index is 8.59. The van der Waals surface area contributed by atoms with Crippen LogP contribution in [-0.2, 0) is 0 Å². The first kappa shape index (κ1) is 10.5. The van der Waals surface area contributed by atoms with E-state index in [9.17, 15) is 0 Å². The van der Waals surface area contributed by atoms with Crippen LogP contribution in [0.1, 0.15) is 12.5 Å². The van der Waals surface area contributed by atoms with Crippen LogP contribution >= 0.6 is 0 Å². The zero-order valence-corrected chi connectivity index (χ0v) is 8.27. The number of allylic oxidation sites excluding steroid dienone is 2. The minimum atomic E-state index is 0.0763. The molecule has 0 bridgehead atoms. The van der Waals surface area contributed by atoms with Gasteiger partial charge in [0.15, 0.2) is 0 Å². The molecule has 1 rings (SSSR count). The van der Waals surface area contributed by atoms with Crippen LogP contribution in [0.5, 0.6) is 0 Å². The first-order valence-corrected chi connectivity index (χ1v) is 4.53. The molecule has 0 spiro atoms. The molecule has 0 atom stereocenters. The van der Waals surface area contributed by atoms with E-state index in [-0.39, 0.29) is 6.61 Å². The Balaban J connectivity index is 2.76. The molecule has 0 saturated carbocycles. The van der Waals surface area contributed by atoms with Gasteiger partial charge in [-0.05, 0) is 24.6 Å². The second-order valence-corrected chi connectivity index (χ2v) is 3.14. The molecule has 0 amide bonds. The van der Waals surface area contributed by atoms with Crippen molar-refractivity contribution in [2.24, 2.45) is 0 Å². The number of nitrogens with two attached hydrogens (primary N) is 1. The zero-order chi connectivity index (χ0) is 10.4. The van der Waals surface area contributed by atoms with Crippen LogP contribution in [0.3, 0.4) is 0 Å². The SMILES string of the molecule is CC(/C=C/CO)=C\c1ccc(N)cc1. The molecule has 1 aromatic carbocycles. The van der Waals surface area contributed by atoms with Crippen molar-refractivity contribution >= 4 is 11.8 Å². The van der Waals surface area contributed by atoms with Crippen molar-refractivity contribution in [1.82, 2.24) is 0 Å². The molecule has 2 heteroatoms. The summed E-state index contributed by atoms with van der Waals surface area (Å²) in [6, 6.07) is 7.67. The highest BCUT2D eigenvalue weighted by Crippen LogP contribution is 2.10. The number of aliphatic hydroxyl groups is 1. The number of benzene rings is 1. The normalized spacial score (nSPS) is 12.3. The molecule has 0 aliphatic heterocycles. The molecular formula is C12H15NO. The molecule has 74 valence electrons. The van der Waals surface area contributed by atoms with Crippen LogP contribution in [0.2, 0.25) is 0 Å². The van der Waals surface area contributed by atoms with E-state index >= 15 is 0 Å². The van der Waals surface area contributed by atoms with Crippen LogP contribution in [-0.4, -0.2) is 11.7 Å². The second-order valence-electron chi connectivity index (χ2n) is 3.14. The van der Waals surface area contributed by atoms with E-state index < -0.39 is 0 Å². The van der Waals surface area contributed by atoms with Crippen molar-refractivity contribution in [3.05, 3.63) is 47.6 Å². The fourth-order valence-corrected chi connectivity index (χ4v) is 1.14. The molecule has 0 heterocycles. The molecule has 0 aliphatic carbocycles. The summed E-state index contributed by atoms with van der Waals surface area (Å²) in [4.78, 5) is 0. The Labute approximate surface area is 84.4 Å². The smallest absolute Gasteiger partial charge is 0.0615 e. The third-order valence-electron chi connectivity index (χ3n) is 1.82. The van der Waals surface area contributed by atoms with E-state index in [4.69, 9.17) is 10.8 Å². The van der Waals surface area contributed by atoms with E-state index in [0.29, 0.717) is 0 Å². The predicted octanol–water partition coefficient (Wildman–Crippen LogP) is 2.22. The Morgan fingerprint density at radius 1 is 1.36 bits per heavy atom. The van der Waals surface area contributed by atoms with Gasteiger partial charge in [0.25, 0.3) is 0 Å². The monoisotopic (exact) mass is 189 g/mol. The van der Waals surface area contributed by atoms with Crippen LogP contribution in [0.15, 0.2) is 42.0 Å². The van der Waals surface area contributed by atoms with Gasteiger partial charge in [-0.1, -0.05) is 35.9 Å². The van der Waals surface area contributed by atoms with Gasteiger partial charge >= 0.3 is 0 Å². The standard InChI is InChI=1S/C12H15NO/c1-10(3-2-8-14)9-11-4-6-12(13)7-5-11/h2-7,9,14H,8,13H2,1H3/b3-2+,10-9+. The number of anilines is 1. The van der Waals surface area contributed by atoms with Crippen molar-refractivity contribution in [1.29, 1.82) is 0 Å². The summed E-state index contributed by atoms with van der Waals surface area (Å²) >= 11 is 0. The van der Waals surface area contributed by atoms with Crippen LogP contribution in [0.4, 0.5) is 5.69 Å². The number of nitrogen functional groups attached to an aromatic ring is 1. The van der Waals surface area contributed by atoms with E-state index in [0.717, 1.165) is 16.8 Å². The summed E-state index contributed by atoms with van der Waals surface area (Å²) in [7, 11) is 0. The molecule has 0 fully saturated rings. The second kappa shape index (κ2) is 5.25.